The number of sulfonamides is 1. The van der Waals surface area contributed by atoms with Crippen LogP contribution in [0.3, 0.4) is 0 Å². The molecule has 2 aliphatic heterocycles. The minimum absolute atomic E-state index is 0.0403. The van der Waals surface area contributed by atoms with Crippen LogP contribution in [0.2, 0.25) is 5.02 Å². The summed E-state index contributed by atoms with van der Waals surface area (Å²) in [4.78, 5) is 5.41. The molecule has 0 spiro atoms. The van der Waals surface area contributed by atoms with Crippen molar-refractivity contribution < 1.29 is 17.9 Å². The van der Waals surface area contributed by atoms with Gasteiger partial charge in [0.1, 0.15) is 27.8 Å². The lowest BCUT2D eigenvalue weighted by atomic mass is 9.67. The molecule has 214 valence electrons. The maximum absolute atomic E-state index is 13.7. The third-order valence-electron chi connectivity index (χ3n) is 8.43. The van der Waals surface area contributed by atoms with E-state index in [1.807, 2.05) is 43.3 Å². The number of aliphatic imine (C=N–C) groups is 1. The predicted molar refractivity (Wildman–Crippen MR) is 160 cm³/mol. The van der Waals surface area contributed by atoms with Crippen molar-refractivity contribution >= 4 is 39.1 Å². The summed E-state index contributed by atoms with van der Waals surface area (Å²) < 4.78 is 40.6. The minimum atomic E-state index is -3.78. The molecule has 0 aromatic heterocycles. The van der Waals surface area contributed by atoms with Crippen molar-refractivity contribution in [3.05, 3.63) is 75.8 Å². The first-order valence-corrected chi connectivity index (χ1v) is 15.8. The summed E-state index contributed by atoms with van der Waals surface area (Å²) in [5.41, 5.74) is 0.208. The highest BCUT2D eigenvalue weighted by Gasteiger charge is 2.55. The number of methoxy groups -OCH3 is 1. The average Bonchev–Trinajstić information content (AvgIpc) is 3.58. The Labute approximate surface area is 246 Å². The Kier molecular flexibility index (Phi) is 8.00. The van der Waals surface area contributed by atoms with Gasteiger partial charge in [0.2, 0.25) is 10.0 Å². The summed E-state index contributed by atoms with van der Waals surface area (Å²) in [6.45, 7) is 7.50. The van der Waals surface area contributed by atoms with Gasteiger partial charge >= 0.3 is 0 Å². The molecular weight excluding hydrogens is 569 g/mol. The highest BCUT2D eigenvalue weighted by molar-refractivity contribution is 7.89. The lowest BCUT2D eigenvalue weighted by Crippen LogP contribution is -2.57. The second-order valence-corrected chi connectivity index (χ2v) is 13.5. The van der Waals surface area contributed by atoms with Gasteiger partial charge in [-0.1, -0.05) is 47.5 Å². The Morgan fingerprint density at radius 2 is 1.80 bits per heavy atom. The first-order valence-electron chi connectivity index (χ1n) is 13.6. The van der Waals surface area contributed by atoms with Gasteiger partial charge in [-0.3, -0.25) is 4.99 Å². The monoisotopic (exact) mass is 603 g/mol. The van der Waals surface area contributed by atoms with Gasteiger partial charge in [0.25, 0.3) is 0 Å². The van der Waals surface area contributed by atoms with Gasteiger partial charge in [-0.05, 0) is 69.9 Å². The molecule has 1 aliphatic carbocycles. The molecule has 40 heavy (non-hydrogen) atoms. The quantitative estimate of drug-likeness (QED) is 0.385. The van der Waals surface area contributed by atoms with Crippen molar-refractivity contribution in [1.29, 1.82) is 0 Å². The zero-order chi connectivity index (χ0) is 28.7. The van der Waals surface area contributed by atoms with Crippen LogP contribution >= 0.6 is 23.2 Å². The second kappa shape index (κ2) is 11.0. The average molecular weight is 605 g/mol. The molecule has 2 aromatic rings. The molecule has 10 heteroatoms. The van der Waals surface area contributed by atoms with E-state index in [-0.39, 0.29) is 16.6 Å². The minimum Gasteiger partial charge on any atom is -0.495 e. The van der Waals surface area contributed by atoms with Crippen LogP contribution in [-0.2, 0) is 15.6 Å². The summed E-state index contributed by atoms with van der Waals surface area (Å²) in [5, 5.41) is 5.07. The zero-order valence-corrected chi connectivity index (χ0v) is 25.5. The molecular formula is C30H35Cl2N3O4S. The van der Waals surface area contributed by atoms with E-state index in [0.29, 0.717) is 46.9 Å². The first kappa shape index (κ1) is 29.0. The smallest absolute Gasteiger partial charge is 0.246 e. The van der Waals surface area contributed by atoms with E-state index < -0.39 is 21.1 Å². The van der Waals surface area contributed by atoms with Crippen LogP contribution in [0, 0.1) is 5.92 Å². The highest BCUT2D eigenvalue weighted by Crippen LogP contribution is 2.49. The molecule has 1 unspecified atom stereocenters. The van der Waals surface area contributed by atoms with Crippen molar-refractivity contribution in [2.75, 3.05) is 26.8 Å². The van der Waals surface area contributed by atoms with Gasteiger partial charge in [-0.2, -0.15) is 4.31 Å². The van der Waals surface area contributed by atoms with E-state index in [4.69, 9.17) is 37.7 Å². The number of benzene rings is 2. The fraction of sp³-hybridized carbons (Fsp3) is 0.433. The molecule has 2 heterocycles. The van der Waals surface area contributed by atoms with Crippen LogP contribution in [0.25, 0.3) is 0 Å². The SMILES string of the molecule is CCOc1cc(OC)c(S(=O)(=O)N2CCCC2)cc1C1=N[C@](C)(c2ccc(Cl)cc2)[C@](C)(C2C=CC(Cl)=CC2)N1. The van der Waals surface area contributed by atoms with Crippen LogP contribution in [-0.4, -0.2) is 50.9 Å². The van der Waals surface area contributed by atoms with Gasteiger partial charge in [0.05, 0.1) is 24.8 Å². The summed E-state index contributed by atoms with van der Waals surface area (Å²) in [5.74, 6) is 1.34. The third-order valence-corrected chi connectivity index (χ3v) is 10.9. The number of nitrogens with zero attached hydrogens (tertiary/aromatic N) is 2. The van der Waals surface area contributed by atoms with Gasteiger partial charge in [0, 0.05) is 35.1 Å². The Balaban J connectivity index is 1.69. The molecule has 1 fully saturated rings. The maximum atomic E-state index is 13.7. The highest BCUT2D eigenvalue weighted by atomic mass is 35.5. The van der Waals surface area contributed by atoms with Crippen molar-refractivity contribution in [3.8, 4) is 11.5 Å². The normalized spacial score (nSPS) is 26.8. The van der Waals surface area contributed by atoms with E-state index in [1.165, 1.54) is 11.4 Å². The number of amidine groups is 1. The number of allylic oxidation sites excluding steroid dienone is 3. The van der Waals surface area contributed by atoms with Gasteiger partial charge in [0.15, 0.2) is 0 Å². The number of hydrogen-bond donors (Lipinski definition) is 1. The fourth-order valence-corrected chi connectivity index (χ4v) is 7.88. The van der Waals surface area contributed by atoms with Crippen LogP contribution < -0.4 is 14.8 Å². The van der Waals surface area contributed by atoms with Crippen molar-refractivity contribution in [3.63, 3.8) is 0 Å². The number of rotatable bonds is 8. The molecule has 2 aromatic carbocycles. The largest absolute Gasteiger partial charge is 0.495 e. The molecule has 3 aliphatic rings. The van der Waals surface area contributed by atoms with E-state index in [1.54, 1.807) is 12.1 Å². The molecule has 0 amide bonds. The van der Waals surface area contributed by atoms with Crippen molar-refractivity contribution in [2.45, 2.75) is 56.0 Å². The van der Waals surface area contributed by atoms with Crippen LogP contribution in [0.1, 0.15) is 51.2 Å². The first-order chi connectivity index (χ1) is 19.0. The Morgan fingerprint density at radius 1 is 1.10 bits per heavy atom. The standard InChI is InChI=1S/C30H35Cl2N3O4S/c1-5-39-25-19-26(38-4)27(40(36,37)35-16-6-7-17-35)18-24(25)28-33-29(2,20-8-12-22(31)13-9-20)30(3,34-28)21-10-14-23(32)15-11-21/h8-10,12-15,18-19,21H,5-7,11,16-17H2,1-4H3,(H,33,34)/t21?,29-,30+/m1/s1. The number of halogens is 2. The summed E-state index contributed by atoms with van der Waals surface area (Å²) in [6, 6.07) is 11.0. The predicted octanol–water partition coefficient (Wildman–Crippen LogP) is 6.25. The topological polar surface area (TPSA) is 80.2 Å². The van der Waals surface area contributed by atoms with Crippen LogP contribution in [0.4, 0.5) is 0 Å². The molecule has 1 saturated heterocycles. The summed E-state index contributed by atoms with van der Waals surface area (Å²) >= 11 is 12.5. The number of nitrogens with one attached hydrogen (secondary N) is 1. The zero-order valence-electron chi connectivity index (χ0n) is 23.2. The molecule has 0 radical (unpaired) electrons. The Morgan fingerprint density at radius 3 is 2.40 bits per heavy atom. The Hall–Kier alpha value is -2.52. The summed E-state index contributed by atoms with van der Waals surface area (Å²) in [7, 11) is -2.31. The molecule has 3 atom stereocenters. The molecule has 7 nitrogen and oxygen atoms in total. The maximum Gasteiger partial charge on any atom is 0.246 e. The number of hydrogen-bond acceptors (Lipinski definition) is 6. The lowest BCUT2D eigenvalue weighted by molar-refractivity contribution is 0.198. The van der Waals surface area contributed by atoms with Crippen molar-refractivity contribution in [2.24, 2.45) is 10.9 Å². The fourth-order valence-electron chi connectivity index (χ4n) is 5.91. The van der Waals surface area contributed by atoms with Gasteiger partial charge in [-0.25, -0.2) is 8.42 Å². The molecule has 1 N–H and O–H groups in total. The van der Waals surface area contributed by atoms with E-state index >= 15 is 0 Å². The third kappa shape index (κ3) is 4.93. The number of ether oxygens (including phenoxy) is 2. The molecule has 0 saturated carbocycles. The lowest BCUT2D eigenvalue weighted by Gasteiger charge is -2.45. The van der Waals surface area contributed by atoms with Crippen LogP contribution in [0.15, 0.2) is 69.5 Å². The molecule has 0 bridgehead atoms. The summed E-state index contributed by atoms with van der Waals surface area (Å²) in [6.07, 6.45) is 8.45. The van der Waals surface area contributed by atoms with Crippen molar-refractivity contribution in [1.82, 2.24) is 9.62 Å². The molecule has 5 rings (SSSR count). The van der Waals surface area contributed by atoms with Crippen LogP contribution in [0.5, 0.6) is 11.5 Å². The Bertz CT molecular complexity index is 1480. The van der Waals surface area contributed by atoms with E-state index in [9.17, 15) is 8.42 Å². The van der Waals surface area contributed by atoms with E-state index in [0.717, 1.165) is 24.8 Å². The second-order valence-electron chi connectivity index (χ2n) is 10.7. The van der Waals surface area contributed by atoms with Gasteiger partial charge < -0.3 is 14.8 Å². The van der Waals surface area contributed by atoms with E-state index in [2.05, 4.69) is 25.2 Å². The van der Waals surface area contributed by atoms with Gasteiger partial charge in [-0.15, -0.1) is 0 Å².